The number of nitrogens with zero attached hydrogens (tertiary/aromatic N) is 1. The molecular formula is C19H18N2O5. The summed E-state index contributed by atoms with van der Waals surface area (Å²) in [6.07, 6.45) is 3.65. The zero-order chi connectivity index (χ0) is 18.5. The Bertz CT molecular complexity index is 876. The summed E-state index contributed by atoms with van der Waals surface area (Å²) in [6.45, 7) is 2.31. The van der Waals surface area contributed by atoms with Gasteiger partial charge in [-0.15, -0.1) is 0 Å². The van der Waals surface area contributed by atoms with Gasteiger partial charge in [0, 0.05) is 35.0 Å². The third-order valence-corrected chi connectivity index (χ3v) is 4.00. The molecule has 2 aromatic carbocycles. The van der Waals surface area contributed by atoms with E-state index >= 15 is 0 Å². The number of para-hydroxylation sites is 1. The first-order chi connectivity index (χ1) is 12.6. The average molecular weight is 354 g/mol. The van der Waals surface area contributed by atoms with Gasteiger partial charge in [-0.2, -0.15) is 0 Å². The number of carbonyl (C=O) groups is 1. The first kappa shape index (κ1) is 17.6. The van der Waals surface area contributed by atoms with Crippen LogP contribution in [0.3, 0.4) is 0 Å². The van der Waals surface area contributed by atoms with Gasteiger partial charge in [0.05, 0.1) is 11.5 Å². The fraction of sp³-hybridized carbons (Fsp3) is 0.211. The maximum Gasteiger partial charge on any atom is 0.270 e. The highest BCUT2D eigenvalue weighted by atomic mass is 16.7. The Balaban J connectivity index is 1.84. The van der Waals surface area contributed by atoms with Crippen molar-refractivity contribution in [1.82, 2.24) is 0 Å². The van der Waals surface area contributed by atoms with E-state index < -0.39 is 4.92 Å². The number of hydrogen-bond donors (Lipinski definition) is 1. The lowest BCUT2D eigenvalue weighted by Gasteiger charge is -2.19. The van der Waals surface area contributed by atoms with Crippen molar-refractivity contribution in [1.29, 1.82) is 0 Å². The third-order valence-electron chi connectivity index (χ3n) is 4.00. The fourth-order valence-electron chi connectivity index (χ4n) is 2.75. The van der Waals surface area contributed by atoms with Gasteiger partial charge in [-0.1, -0.05) is 25.1 Å². The summed E-state index contributed by atoms with van der Waals surface area (Å²) in [6, 6.07) is 10.4. The molecule has 3 rings (SSSR count). The van der Waals surface area contributed by atoms with Crippen molar-refractivity contribution < 1.29 is 19.2 Å². The Morgan fingerprint density at radius 3 is 2.92 bits per heavy atom. The van der Waals surface area contributed by atoms with Crippen LogP contribution in [0.2, 0.25) is 0 Å². The predicted octanol–water partition coefficient (Wildman–Crippen LogP) is 3.68. The van der Waals surface area contributed by atoms with Crippen molar-refractivity contribution in [3.05, 3.63) is 69.3 Å². The Hall–Kier alpha value is -3.19. The van der Waals surface area contributed by atoms with Crippen LogP contribution in [0, 0.1) is 10.1 Å². The van der Waals surface area contributed by atoms with Gasteiger partial charge in [-0.05, 0) is 24.1 Å². The molecule has 0 unspecified atom stereocenters. The van der Waals surface area contributed by atoms with Gasteiger partial charge in [0.2, 0.25) is 5.91 Å². The van der Waals surface area contributed by atoms with Crippen molar-refractivity contribution in [3.63, 3.8) is 0 Å². The predicted molar refractivity (Wildman–Crippen MR) is 96.9 cm³/mol. The van der Waals surface area contributed by atoms with Gasteiger partial charge < -0.3 is 14.8 Å². The van der Waals surface area contributed by atoms with E-state index in [9.17, 15) is 14.9 Å². The number of non-ortho nitro benzene ring substituents is 1. The van der Waals surface area contributed by atoms with Crippen molar-refractivity contribution >= 4 is 23.4 Å². The lowest BCUT2D eigenvalue weighted by molar-refractivity contribution is -0.385. The Labute approximate surface area is 150 Å². The average Bonchev–Trinajstić information content (AvgIpc) is 2.66. The standard InChI is InChI=1S/C19H18N2O5/c1-2-13-5-3-4-6-17(13)20-18(22)8-7-14-9-16(21(23)24)10-15-11-25-12-26-19(14)15/h3-10H,2,11-12H2,1H3,(H,20,22)/b8-7-. The van der Waals surface area contributed by atoms with Gasteiger partial charge in [0.25, 0.3) is 5.69 Å². The first-order valence-corrected chi connectivity index (χ1v) is 8.17. The highest BCUT2D eigenvalue weighted by Crippen LogP contribution is 2.33. The minimum Gasteiger partial charge on any atom is -0.467 e. The molecule has 1 N–H and O–H groups in total. The van der Waals surface area contributed by atoms with Crippen LogP contribution in [0.4, 0.5) is 11.4 Å². The second-order valence-corrected chi connectivity index (χ2v) is 5.72. The summed E-state index contributed by atoms with van der Waals surface area (Å²) < 4.78 is 10.6. The number of nitro benzene ring substituents is 1. The number of fused-ring (bicyclic) bond motifs is 1. The molecule has 0 bridgehead atoms. The SMILES string of the molecule is CCc1ccccc1NC(=O)/C=C\c1cc([N+](=O)[O-])cc2c1OCOC2. The number of aryl methyl sites for hydroxylation is 1. The maximum atomic E-state index is 12.2. The van der Waals surface area contributed by atoms with E-state index in [1.165, 1.54) is 24.3 Å². The molecule has 1 aliphatic rings. The van der Waals surface area contributed by atoms with Gasteiger partial charge in [0.1, 0.15) is 5.75 Å². The van der Waals surface area contributed by atoms with Gasteiger partial charge in [-0.3, -0.25) is 14.9 Å². The highest BCUT2D eigenvalue weighted by molar-refractivity contribution is 6.02. The van der Waals surface area contributed by atoms with Crippen LogP contribution in [0.1, 0.15) is 23.6 Å². The number of benzene rings is 2. The number of amides is 1. The minimum atomic E-state index is -0.482. The van der Waals surface area contributed by atoms with E-state index in [0.29, 0.717) is 16.9 Å². The largest absolute Gasteiger partial charge is 0.467 e. The van der Waals surface area contributed by atoms with Crippen LogP contribution in [-0.4, -0.2) is 17.6 Å². The molecule has 0 saturated heterocycles. The summed E-state index contributed by atoms with van der Waals surface area (Å²) in [5, 5.41) is 13.9. The third kappa shape index (κ3) is 3.89. The monoisotopic (exact) mass is 354 g/mol. The molecule has 0 radical (unpaired) electrons. The van der Waals surface area contributed by atoms with E-state index in [1.54, 1.807) is 0 Å². The Morgan fingerprint density at radius 2 is 2.15 bits per heavy atom. The lowest BCUT2D eigenvalue weighted by atomic mass is 10.1. The maximum absolute atomic E-state index is 12.2. The summed E-state index contributed by atoms with van der Waals surface area (Å²) in [7, 11) is 0. The number of nitrogens with one attached hydrogen (secondary N) is 1. The zero-order valence-electron chi connectivity index (χ0n) is 14.2. The van der Waals surface area contributed by atoms with Gasteiger partial charge in [0.15, 0.2) is 6.79 Å². The number of hydrogen-bond acceptors (Lipinski definition) is 5. The summed E-state index contributed by atoms with van der Waals surface area (Å²) >= 11 is 0. The smallest absolute Gasteiger partial charge is 0.270 e. The Morgan fingerprint density at radius 1 is 1.35 bits per heavy atom. The molecule has 1 aliphatic heterocycles. The molecule has 0 saturated carbocycles. The van der Waals surface area contributed by atoms with Crippen molar-refractivity contribution in [2.45, 2.75) is 20.0 Å². The van der Waals surface area contributed by atoms with E-state index in [4.69, 9.17) is 9.47 Å². The molecule has 134 valence electrons. The van der Waals surface area contributed by atoms with Crippen molar-refractivity contribution in [2.24, 2.45) is 0 Å². The molecule has 0 aromatic heterocycles. The molecule has 26 heavy (non-hydrogen) atoms. The summed E-state index contributed by atoms with van der Waals surface area (Å²) in [4.78, 5) is 22.9. The number of rotatable bonds is 5. The van der Waals surface area contributed by atoms with E-state index in [-0.39, 0.29) is 25.0 Å². The number of nitro groups is 1. The summed E-state index contributed by atoms with van der Waals surface area (Å²) in [5.41, 5.74) is 2.75. The van der Waals surface area contributed by atoms with Crippen molar-refractivity contribution in [3.8, 4) is 5.75 Å². The first-order valence-electron chi connectivity index (χ1n) is 8.17. The molecule has 1 heterocycles. The van der Waals surface area contributed by atoms with Gasteiger partial charge in [-0.25, -0.2) is 0 Å². The molecule has 7 heteroatoms. The molecule has 7 nitrogen and oxygen atoms in total. The molecular weight excluding hydrogens is 336 g/mol. The Kier molecular flexibility index (Phi) is 5.28. The van der Waals surface area contributed by atoms with Crippen LogP contribution in [-0.2, 0) is 22.6 Å². The van der Waals surface area contributed by atoms with E-state index in [0.717, 1.165) is 17.7 Å². The number of anilines is 1. The second kappa shape index (κ2) is 7.79. The van der Waals surface area contributed by atoms with E-state index in [2.05, 4.69) is 5.32 Å². The van der Waals surface area contributed by atoms with E-state index in [1.807, 2.05) is 31.2 Å². The fourth-order valence-corrected chi connectivity index (χ4v) is 2.75. The lowest BCUT2D eigenvalue weighted by Crippen LogP contribution is -2.13. The molecule has 0 aliphatic carbocycles. The normalized spacial score (nSPS) is 13.1. The second-order valence-electron chi connectivity index (χ2n) is 5.72. The van der Waals surface area contributed by atoms with Crippen LogP contribution in [0.15, 0.2) is 42.5 Å². The summed E-state index contributed by atoms with van der Waals surface area (Å²) in [5.74, 6) is 0.179. The zero-order valence-corrected chi connectivity index (χ0v) is 14.2. The molecule has 0 atom stereocenters. The van der Waals surface area contributed by atoms with Crippen LogP contribution < -0.4 is 10.1 Å². The van der Waals surface area contributed by atoms with Crippen LogP contribution in [0.25, 0.3) is 6.08 Å². The quantitative estimate of drug-likeness (QED) is 0.502. The van der Waals surface area contributed by atoms with Crippen LogP contribution in [0.5, 0.6) is 5.75 Å². The molecule has 0 fully saturated rings. The van der Waals surface area contributed by atoms with Gasteiger partial charge >= 0.3 is 0 Å². The molecule has 2 aromatic rings. The van der Waals surface area contributed by atoms with Crippen LogP contribution >= 0.6 is 0 Å². The highest BCUT2D eigenvalue weighted by Gasteiger charge is 2.19. The molecule has 0 spiro atoms. The molecule has 1 amide bonds. The number of carbonyl (C=O) groups excluding carboxylic acids is 1. The minimum absolute atomic E-state index is 0.0712. The van der Waals surface area contributed by atoms with Crippen molar-refractivity contribution in [2.75, 3.05) is 12.1 Å². The topological polar surface area (TPSA) is 90.7 Å². The number of ether oxygens (including phenoxy) is 2.